The molecule has 3 rings (SSSR count). The van der Waals surface area contributed by atoms with Crippen molar-refractivity contribution < 1.29 is 0 Å². The van der Waals surface area contributed by atoms with Crippen LogP contribution in [0.5, 0.6) is 0 Å². The number of aryl methyl sites for hydroxylation is 1. The summed E-state index contributed by atoms with van der Waals surface area (Å²) in [7, 11) is 0. The van der Waals surface area contributed by atoms with Crippen molar-refractivity contribution in [3.8, 4) is 0 Å². The Morgan fingerprint density at radius 3 is 3.00 bits per heavy atom. The third-order valence-corrected chi connectivity index (χ3v) is 4.12. The second-order valence-corrected chi connectivity index (χ2v) is 4.96. The molecule has 1 aliphatic rings. The van der Waals surface area contributed by atoms with Gasteiger partial charge in [0.2, 0.25) is 0 Å². The molecule has 70 valence electrons. The maximum atomic E-state index is 2.36. The Bertz CT molecular complexity index is 517. The molecule has 14 heavy (non-hydrogen) atoms. The predicted octanol–water partition coefficient (Wildman–Crippen LogP) is 4.25. The van der Waals surface area contributed by atoms with Crippen molar-refractivity contribution in [1.29, 1.82) is 0 Å². The highest BCUT2D eigenvalue weighted by Gasteiger charge is 2.15. The summed E-state index contributed by atoms with van der Waals surface area (Å²) in [6.07, 6.45) is 4.80. The Hall–Kier alpha value is -1.08. The Labute approximate surface area is 87.9 Å². The Kier molecular flexibility index (Phi) is 1.74. The number of fused-ring (bicyclic) bond motifs is 3. The molecule has 0 saturated heterocycles. The van der Waals surface area contributed by atoms with Crippen molar-refractivity contribution in [2.24, 2.45) is 0 Å². The van der Waals surface area contributed by atoms with E-state index < -0.39 is 0 Å². The molecule has 2 aromatic rings. The van der Waals surface area contributed by atoms with Crippen LogP contribution in [-0.2, 0) is 6.42 Å². The van der Waals surface area contributed by atoms with Crippen LogP contribution < -0.4 is 0 Å². The molecule has 0 aliphatic heterocycles. The van der Waals surface area contributed by atoms with Crippen LogP contribution in [0, 0.1) is 0 Å². The molecule has 0 nitrogen and oxygen atoms in total. The van der Waals surface area contributed by atoms with Gasteiger partial charge in [0.15, 0.2) is 0 Å². The summed E-state index contributed by atoms with van der Waals surface area (Å²) in [6.45, 7) is 2.23. The molecule has 0 fully saturated rings. The van der Waals surface area contributed by atoms with Gasteiger partial charge >= 0.3 is 0 Å². The number of benzene rings is 1. The first kappa shape index (κ1) is 8.25. The molecule has 0 N–H and O–H groups in total. The van der Waals surface area contributed by atoms with Gasteiger partial charge in [0.1, 0.15) is 0 Å². The first-order chi connectivity index (χ1) is 6.86. The molecular formula is C13H12S. The number of allylic oxidation sites excluding steroid dienone is 2. The predicted molar refractivity (Wildman–Crippen MR) is 63.8 cm³/mol. The lowest BCUT2D eigenvalue weighted by molar-refractivity contribution is 1.00. The highest BCUT2D eigenvalue weighted by Crippen LogP contribution is 2.38. The zero-order valence-corrected chi connectivity index (χ0v) is 9.03. The maximum Gasteiger partial charge on any atom is 0.0352 e. The minimum atomic E-state index is 1.21. The minimum Gasteiger partial charge on any atom is -0.140 e. The van der Waals surface area contributed by atoms with Crippen LogP contribution in [0.15, 0.2) is 30.3 Å². The van der Waals surface area contributed by atoms with Gasteiger partial charge in [-0.2, -0.15) is 0 Å². The SMILES string of the molecule is CC1=CCCc2sc3ccccc3c21. The van der Waals surface area contributed by atoms with Crippen LogP contribution in [0.2, 0.25) is 0 Å². The van der Waals surface area contributed by atoms with Gasteiger partial charge in [-0.15, -0.1) is 11.3 Å². The largest absolute Gasteiger partial charge is 0.140 e. The van der Waals surface area contributed by atoms with Gasteiger partial charge in [0.25, 0.3) is 0 Å². The van der Waals surface area contributed by atoms with E-state index in [2.05, 4.69) is 37.3 Å². The van der Waals surface area contributed by atoms with E-state index in [1.165, 1.54) is 34.1 Å². The first-order valence-electron chi connectivity index (χ1n) is 5.04. The summed E-state index contributed by atoms with van der Waals surface area (Å²) in [6, 6.07) is 8.74. The molecule has 0 saturated carbocycles. The summed E-state index contributed by atoms with van der Waals surface area (Å²) >= 11 is 1.96. The molecule has 0 atom stereocenters. The lowest BCUT2D eigenvalue weighted by atomic mass is 9.96. The zero-order valence-electron chi connectivity index (χ0n) is 8.21. The fourth-order valence-electron chi connectivity index (χ4n) is 2.23. The van der Waals surface area contributed by atoms with Gasteiger partial charge in [-0.1, -0.05) is 24.3 Å². The lowest BCUT2D eigenvalue weighted by Crippen LogP contribution is -1.92. The Balaban J connectivity index is 2.42. The minimum absolute atomic E-state index is 1.21. The van der Waals surface area contributed by atoms with Crippen molar-refractivity contribution in [3.63, 3.8) is 0 Å². The summed E-state index contributed by atoms with van der Waals surface area (Å²) in [5.74, 6) is 0. The second-order valence-electron chi connectivity index (χ2n) is 3.82. The Morgan fingerprint density at radius 1 is 1.21 bits per heavy atom. The topological polar surface area (TPSA) is 0 Å². The number of hydrogen-bond donors (Lipinski definition) is 0. The van der Waals surface area contributed by atoms with Gasteiger partial charge in [-0.3, -0.25) is 0 Å². The van der Waals surface area contributed by atoms with Crippen molar-refractivity contribution in [2.75, 3.05) is 0 Å². The third kappa shape index (κ3) is 1.05. The number of hydrogen-bond acceptors (Lipinski definition) is 1. The van der Waals surface area contributed by atoms with Gasteiger partial charge in [0.05, 0.1) is 0 Å². The standard InChI is InChI=1S/C13H12S/c1-9-5-4-8-12-13(9)10-6-2-3-7-11(10)14-12/h2-3,5-7H,4,8H2,1H3. The summed E-state index contributed by atoms with van der Waals surface area (Å²) in [5.41, 5.74) is 2.97. The first-order valence-corrected chi connectivity index (χ1v) is 5.85. The molecule has 1 heterocycles. The average Bonchev–Trinajstić information content (AvgIpc) is 2.57. The molecule has 0 bridgehead atoms. The highest BCUT2D eigenvalue weighted by atomic mass is 32.1. The van der Waals surface area contributed by atoms with Crippen molar-refractivity contribution in [3.05, 3.63) is 40.8 Å². The smallest absolute Gasteiger partial charge is 0.0352 e. The van der Waals surface area contributed by atoms with Gasteiger partial charge < -0.3 is 0 Å². The molecule has 0 amide bonds. The average molecular weight is 200 g/mol. The fraction of sp³-hybridized carbons (Fsp3) is 0.231. The summed E-state index contributed by atoms with van der Waals surface area (Å²) in [5, 5.41) is 1.45. The Morgan fingerprint density at radius 2 is 2.07 bits per heavy atom. The number of rotatable bonds is 0. The van der Waals surface area contributed by atoms with E-state index in [0.717, 1.165) is 0 Å². The summed E-state index contributed by atoms with van der Waals surface area (Å²) < 4.78 is 1.44. The normalized spacial score (nSPS) is 15.4. The van der Waals surface area contributed by atoms with Crippen molar-refractivity contribution in [2.45, 2.75) is 19.8 Å². The molecule has 1 heteroatoms. The molecule has 1 aromatic heterocycles. The van der Waals surface area contributed by atoms with E-state index in [9.17, 15) is 0 Å². The fourth-order valence-corrected chi connectivity index (χ4v) is 3.51. The van der Waals surface area contributed by atoms with Crippen LogP contribution in [-0.4, -0.2) is 0 Å². The van der Waals surface area contributed by atoms with E-state index in [1.807, 2.05) is 11.3 Å². The third-order valence-electron chi connectivity index (χ3n) is 2.88. The van der Waals surface area contributed by atoms with E-state index >= 15 is 0 Å². The molecule has 1 aliphatic carbocycles. The van der Waals surface area contributed by atoms with E-state index in [4.69, 9.17) is 0 Å². The molecule has 0 spiro atoms. The van der Waals surface area contributed by atoms with Crippen LogP contribution in [0.3, 0.4) is 0 Å². The maximum absolute atomic E-state index is 2.36. The highest BCUT2D eigenvalue weighted by molar-refractivity contribution is 7.19. The van der Waals surface area contributed by atoms with Crippen LogP contribution >= 0.6 is 11.3 Å². The second kappa shape index (κ2) is 2.96. The molecular weight excluding hydrogens is 188 g/mol. The van der Waals surface area contributed by atoms with Crippen molar-refractivity contribution in [1.82, 2.24) is 0 Å². The van der Waals surface area contributed by atoms with Gasteiger partial charge in [-0.05, 0) is 37.0 Å². The molecule has 1 aromatic carbocycles. The van der Waals surface area contributed by atoms with Crippen LogP contribution in [0.25, 0.3) is 15.7 Å². The van der Waals surface area contributed by atoms with E-state index in [-0.39, 0.29) is 0 Å². The molecule has 0 radical (unpaired) electrons. The van der Waals surface area contributed by atoms with Crippen LogP contribution in [0.4, 0.5) is 0 Å². The zero-order chi connectivity index (χ0) is 9.54. The van der Waals surface area contributed by atoms with Gasteiger partial charge in [-0.25, -0.2) is 0 Å². The van der Waals surface area contributed by atoms with Crippen LogP contribution in [0.1, 0.15) is 23.8 Å². The van der Waals surface area contributed by atoms with Crippen molar-refractivity contribution >= 4 is 27.0 Å². The van der Waals surface area contributed by atoms with Gasteiger partial charge in [0, 0.05) is 15.0 Å². The monoisotopic (exact) mass is 200 g/mol. The molecule has 0 unspecified atom stereocenters. The lowest BCUT2D eigenvalue weighted by Gasteiger charge is -2.09. The quantitative estimate of drug-likeness (QED) is 0.596. The number of thiophene rings is 1. The van der Waals surface area contributed by atoms with E-state index in [0.29, 0.717) is 0 Å². The summed E-state index contributed by atoms with van der Waals surface area (Å²) in [4.78, 5) is 1.58. The van der Waals surface area contributed by atoms with E-state index in [1.54, 1.807) is 4.88 Å².